The molecule has 1 heteroatoms. The van der Waals surface area contributed by atoms with E-state index in [9.17, 15) is 0 Å². The predicted molar refractivity (Wildman–Crippen MR) is 251 cm³/mol. The molecule has 0 radical (unpaired) electrons. The fourth-order valence-corrected chi connectivity index (χ4v) is 10.4. The maximum Gasteiger partial charge on any atom is 0.0465 e. The first-order valence-corrected chi connectivity index (χ1v) is 21.1. The Bertz CT molecular complexity index is 2920. The monoisotopic (exact) mass is 757 g/mol. The van der Waals surface area contributed by atoms with Crippen LogP contribution in [0.25, 0.3) is 60.9 Å². The molecular formula is C58H47N. The van der Waals surface area contributed by atoms with E-state index in [0.717, 1.165) is 18.5 Å². The summed E-state index contributed by atoms with van der Waals surface area (Å²) in [5, 5.41) is 2.52. The lowest BCUT2D eigenvalue weighted by Gasteiger charge is -2.30. The van der Waals surface area contributed by atoms with Gasteiger partial charge >= 0.3 is 0 Å². The molecule has 0 N–H and O–H groups in total. The smallest absolute Gasteiger partial charge is 0.0465 e. The second-order valence-corrected chi connectivity index (χ2v) is 17.6. The van der Waals surface area contributed by atoms with E-state index in [1.807, 2.05) is 0 Å². The Hall–Kier alpha value is -6.70. The van der Waals surface area contributed by atoms with Crippen LogP contribution < -0.4 is 4.90 Å². The molecule has 0 heterocycles. The van der Waals surface area contributed by atoms with E-state index >= 15 is 0 Å². The van der Waals surface area contributed by atoms with Gasteiger partial charge in [-0.2, -0.15) is 0 Å². The topological polar surface area (TPSA) is 3.24 Å². The molecule has 0 atom stereocenters. The Labute approximate surface area is 348 Å². The van der Waals surface area contributed by atoms with Gasteiger partial charge in [0.15, 0.2) is 0 Å². The maximum atomic E-state index is 2.47. The van der Waals surface area contributed by atoms with Crippen molar-refractivity contribution in [3.8, 4) is 44.5 Å². The Kier molecular flexibility index (Phi) is 8.07. The molecule has 1 nitrogen and oxygen atoms in total. The molecular weight excluding hydrogens is 711 g/mol. The van der Waals surface area contributed by atoms with E-state index < -0.39 is 0 Å². The van der Waals surface area contributed by atoms with Crippen LogP contribution in [0.2, 0.25) is 0 Å². The highest BCUT2D eigenvalue weighted by atomic mass is 15.1. The maximum absolute atomic E-state index is 2.47. The number of hydrogen-bond acceptors (Lipinski definition) is 1. The molecule has 0 unspecified atom stereocenters. The van der Waals surface area contributed by atoms with Crippen LogP contribution >= 0.6 is 0 Å². The summed E-state index contributed by atoms with van der Waals surface area (Å²) in [6, 6.07) is 64.0. The van der Waals surface area contributed by atoms with Crippen LogP contribution in [0.15, 0.2) is 188 Å². The highest BCUT2D eigenvalue weighted by Crippen LogP contribution is 2.53. The normalized spacial score (nSPS) is 15.3. The molecule has 0 spiro atoms. The summed E-state index contributed by atoms with van der Waals surface area (Å²) in [5.41, 5.74) is 21.8. The zero-order valence-corrected chi connectivity index (χ0v) is 34.3. The van der Waals surface area contributed by atoms with Gasteiger partial charge in [-0.3, -0.25) is 0 Å². The van der Waals surface area contributed by atoms with E-state index in [1.54, 1.807) is 0 Å². The molecule has 0 saturated heterocycles. The molecule has 8 aromatic rings. The van der Waals surface area contributed by atoms with Crippen molar-refractivity contribution in [2.24, 2.45) is 0 Å². The molecule has 0 aromatic heterocycles. The van der Waals surface area contributed by atoms with Gasteiger partial charge in [0.1, 0.15) is 0 Å². The van der Waals surface area contributed by atoms with Crippen molar-refractivity contribution in [2.45, 2.75) is 51.4 Å². The Balaban J connectivity index is 1.04. The summed E-state index contributed by atoms with van der Waals surface area (Å²) in [7, 11) is 0. The van der Waals surface area contributed by atoms with E-state index in [-0.39, 0.29) is 10.8 Å². The van der Waals surface area contributed by atoms with Crippen molar-refractivity contribution in [3.63, 3.8) is 0 Å². The largest absolute Gasteiger partial charge is 0.310 e. The van der Waals surface area contributed by atoms with Gasteiger partial charge in [-0.15, -0.1) is 0 Å². The van der Waals surface area contributed by atoms with Crippen LogP contribution in [-0.2, 0) is 10.8 Å². The first kappa shape index (κ1) is 35.5. The average Bonchev–Trinajstić information content (AvgIpc) is 3.65. The minimum Gasteiger partial charge on any atom is -0.310 e. The van der Waals surface area contributed by atoms with Crippen molar-refractivity contribution in [2.75, 3.05) is 4.90 Å². The Morgan fingerprint density at radius 3 is 1.54 bits per heavy atom. The highest BCUT2D eigenvalue weighted by Gasteiger charge is 2.37. The molecule has 0 fully saturated rings. The summed E-state index contributed by atoms with van der Waals surface area (Å²) >= 11 is 0. The van der Waals surface area contributed by atoms with Crippen molar-refractivity contribution in [1.29, 1.82) is 0 Å². The van der Waals surface area contributed by atoms with Crippen LogP contribution in [0.5, 0.6) is 0 Å². The molecule has 284 valence electrons. The number of benzene rings is 8. The molecule has 59 heavy (non-hydrogen) atoms. The van der Waals surface area contributed by atoms with Crippen LogP contribution in [0.4, 0.5) is 17.1 Å². The van der Waals surface area contributed by atoms with Crippen LogP contribution in [0.1, 0.15) is 68.4 Å². The number of allylic oxidation sites excluding steroid dienone is 4. The van der Waals surface area contributed by atoms with Crippen molar-refractivity contribution >= 4 is 33.4 Å². The van der Waals surface area contributed by atoms with Gasteiger partial charge < -0.3 is 4.90 Å². The average molecular weight is 758 g/mol. The summed E-state index contributed by atoms with van der Waals surface area (Å²) in [6.45, 7) is 9.48. The summed E-state index contributed by atoms with van der Waals surface area (Å²) in [6.07, 6.45) is 8.90. The molecule has 0 saturated carbocycles. The van der Waals surface area contributed by atoms with E-state index in [4.69, 9.17) is 0 Å². The molecule has 0 aliphatic heterocycles. The third kappa shape index (κ3) is 5.59. The van der Waals surface area contributed by atoms with Gasteiger partial charge in [-0.05, 0) is 138 Å². The number of nitrogens with zero attached hydrogens (tertiary/aromatic N) is 1. The van der Waals surface area contributed by atoms with Crippen molar-refractivity contribution in [3.05, 3.63) is 216 Å². The van der Waals surface area contributed by atoms with Gasteiger partial charge in [0.25, 0.3) is 0 Å². The van der Waals surface area contributed by atoms with Gasteiger partial charge in [-0.25, -0.2) is 0 Å². The molecule has 3 aliphatic rings. The van der Waals surface area contributed by atoms with Gasteiger partial charge in [0.05, 0.1) is 0 Å². The lowest BCUT2D eigenvalue weighted by atomic mass is 9.82. The fourth-order valence-electron chi connectivity index (χ4n) is 10.4. The number of rotatable bonds is 6. The number of anilines is 3. The van der Waals surface area contributed by atoms with Crippen LogP contribution in [0.3, 0.4) is 0 Å². The van der Waals surface area contributed by atoms with Gasteiger partial charge in [0.2, 0.25) is 0 Å². The predicted octanol–water partition coefficient (Wildman–Crippen LogP) is 16.0. The Morgan fingerprint density at radius 1 is 0.424 bits per heavy atom. The standard InChI is InChI=1S/C58H47N/c1-57(2)52-20-12-10-18-48(52)50-34-31-44(36-54(50)57)59(45-32-35-51-49-19-11-13-21-53(49)58(3,4)55(51)37-45)43-29-26-41(27-30-43)47-33-28-40-16-8-9-17-46(40)56(47)42-24-22-39(23-25-42)38-14-6-5-7-15-38/h5-6,8-14,16-37H,7,15H2,1-4H3. The zero-order valence-electron chi connectivity index (χ0n) is 34.3. The second-order valence-electron chi connectivity index (χ2n) is 17.6. The van der Waals surface area contributed by atoms with E-state index in [0.29, 0.717) is 0 Å². The lowest BCUT2D eigenvalue weighted by molar-refractivity contribution is 0.660. The fraction of sp³-hybridized carbons (Fsp3) is 0.138. The third-order valence-electron chi connectivity index (χ3n) is 13.6. The molecule has 0 bridgehead atoms. The van der Waals surface area contributed by atoms with Crippen molar-refractivity contribution in [1.82, 2.24) is 0 Å². The van der Waals surface area contributed by atoms with E-state index in [1.165, 1.54) is 100 Å². The second kappa shape index (κ2) is 13.4. The van der Waals surface area contributed by atoms with E-state index in [2.05, 4.69) is 221 Å². The number of hydrogen-bond donors (Lipinski definition) is 0. The minimum atomic E-state index is -0.103. The Morgan fingerprint density at radius 2 is 0.932 bits per heavy atom. The molecule has 3 aliphatic carbocycles. The molecule has 8 aromatic carbocycles. The van der Waals surface area contributed by atoms with Crippen LogP contribution in [0, 0.1) is 0 Å². The SMILES string of the molecule is CC1(C)c2ccccc2-c2ccc(N(c3ccc(-c4ccc5ccccc5c4-c4ccc(C5=CC=CCC5)cc4)cc3)c3ccc4c(c3)C(C)(C)c3ccccc3-4)cc21. The first-order valence-electron chi connectivity index (χ1n) is 21.1. The quantitative estimate of drug-likeness (QED) is 0.163. The third-order valence-corrected chi connectivity index (χ3v) is 13.6. The van der Waals surface area contributed by atoms with Gasteiger partial charge in [-0.1, -0.05) is 179 Å². The molecule has 11 rings (SSSR count). The number of fused-ring (bicyclic) bond motifs is 7. The summed E-state index contributed by atoms with van der Waals surface area (Å²) < 4.78 is 0. The minimum absolute atomic E-state index is 0.103. The summed E-state index contributed by atoms with van der Waals surface area (Å²) in [4.78, 5) is 2.47. The van der Waals surface area contributed by atoms with Crippen molar-refractivity contribution < 1.29 is 0 Å². The first-order chi connectivity index (χ1) is 28.8. The highest BCUT2D eigenvalue weighted by molar-refractivity contribution is 6.04. The zero-order chi connectivity index (χ0) is 39.9. The van der Waals surface area contributed by atoms with Crippen LogP contribution in [-0.4, -0.2) is 0 Å². The van der Waals surface area contributed by atoms with Gasteiger partial charge in [0, 0.05) is 27.9 Å². The lowest BCUT2D eigenvalue weighted by Crippen LogP contribution is -2.18. The molecule has 0 amide bonds. The summed E-state index contributed by atoms with van der Waals surface area (Å²) in [5.74, 6) is 0.